The first-order valence-electron chi connectivity index (χ1n) is 8.66. The lowest BCUT2D eigenvalue weighted by Crippen LogP contribution is -2.54. The van der Waals surface area contributed by atoms with Crippen LogP contribution < -0.4 is 0 Å². The Kier molecular flexibility index (Phi) is 8.50. The van der Waals surface area contributed by atoms with Gasteiger partial charge < -0.3 is 0 Å². The van der Waals surface area contributed by atoms with Gasteiger partial charge in [0.1, 0.15) is 0 Å². The fourth-order valence-corrected chi connectivity index (χ4v) is 4.65. The molecule has 0 spiro atoms. The van der Waals surface area contributed by atoms with Crippen molar-refractivity contribution < 1.29 is 109 Å². The van der Waals surface area contributed by atoms with E-state index in [9.17, 15) is 105 Å². The van der Waals surface area contributed by atoms with Crippen molar-refractivity contribution in [3.05, 3.63) is 0 Å². The van der Waals surface area contributed by atoms with Crippen LogP contribution >= 0.6 is 0 Å². The summed E-state index contributed by atoms with van der Waals surface area (Å²) in [5.74, 6) is -32.8. The lowest BCUT2D eigenvalue weighted by atomic mass is 10.2. The largest absolute Gasteiger partial charge is 0.409 e. The zero-order chi connectivity index (χ0) is 33.4. The molecule has 2 rings (SSSR count). The molecule has 0 aromatic rings. The van der Waals surface area contributed by atoms with E-state index in [-0.39, 0.29) is 0 Å². The predicted molar refractivity (Wildman–Crippen MR) is 84.5 cm³/mol. The summed E-state index contributed by atoms with van der Waals surface area (Å²) in [6, 6.07) is -28.3. The molecule has 0 saturated carbocycles. The van der Waals surface area contributed by atoms with Crippen LogP contribution in [0.15, 0.2) is 0 Å². The number of nitrogens with zero attached hydrogens (tertiary/aromatic N) is 2. The van der Waals surface area contributed by atoms with Crippen molar-refractivity contribution in [2.24, 2.45) is 0 Å². The smallest absolute Gasteiger partial charge is 0.273 e. The van der Waals surface area contributed by atoms with Crippen LogP contribution in [0.5, 0.6) is 0 Å². The molecular weight excluding hydrogens is 690 g/mol. The van der Waals surface area contributed by atoms with Gasteiger partial charge in [0.15, 0.2) is 5.75 Å². The van der Waals surface area contributed by atoms with Gasteiger partial charge in [-0.25, -0.2) is 14.1 Å². The van der Waals surface area contributed by atoms with Crippen LogP contribution in [0.2, 0.25) is 0 Å². The molecule has 0 N–H and O–H groups in total. The fraction of sp³-hybridized carbons (Fsp3) is 0.833. The molecule has 9 nitrogen and oxygen atoms in total. The molecule has 0 bridgehead atoms. The number of alkyl halides is 17. The van der Waals surface area contributed by atoms with E-state index in [1.165, 1.54) is 0 Å². The van der Waals surface area contributed by atoms with Crippen molar-refractivity contribution in [2.75, 3.05) is 11.8 Å². The molecule has 0 radical (unpaired) electrons. The van der Waals surface area contributed by atoms with E-state index in [4.69, 9.17) is 0 Å². The van der Waals surface area contributed by atoms with E-state index < -0.39 is 102 Å². The molecule has 41 heavy (non-hydrogen) atoms. The highest BCUT2D eigenvalue weighted by Gasteiger charge is 2.95. The Morgan fingerprint density at radius 2 is 0.805 bits per heavy atom. The number of hydrogen-bond acceptors (Lipinski definition) is 7. The second-order valence-electron chi connectivity index (χ2n) is 7.22. The number of hydrogen-bond donors (Lipinski definition) is 0. The third-order valence-electron chi connectivity index (χ3n) is 4.49. The average molecular weight is 694 g/mol. The van der Waals surface area contributed by atoms with Crippen molar-refractivity contribution in [2.45, 2.75) is 47.9 Å². The van der Waals surface area contributed by atoms with Gasteiger partial charge in [-0.05, 0) is 0 Å². The van der Waals surface area contributed by atoms with Crippen LogP contribution in [0.4, 0.5) is 83.8 Å². The van der Waals surface area contributed by atoms with E-state index in [0.717, 1.165) is 0 Å². The molecule has 2 saturated heterocycles. The van der Waals surface area contributed by atoms with Gasteiger partial charge in [0, 0.05) is 0 Å². The third kappa shape index (κ3) is 4.98. The molecule has 2 aliphatic heterocycles. The Morgan fingerprint density at radius 3 is 1.02 bits per heavy atom. The minimum absolute atomic E-state index is 2.52. The Bertz CT molecular complexity index is 1250. The van der Waals surface area contributed by atoms with Gasteiger partial charge in [0.2, 0.25) is 11.9 Å². The van der Waals surface area contributed by atoms with E-state index in [1.807, 2.05) is 0 Å². The van der Waals surface area contributed by atoms with E-state index in [1.54, 1.807) is 0 Å². The SMILES string of the molecule is O=C(CS(=O)(=O)OS(=O)(=O)CF)N1C(F)(F)C(F)(F)C(F)(F)C1(F)F.O=C(F)N1C(F)(F)C(F)(F)C(F)(F)C1(F)F. The van der Waals surface area contributed by atoms with Crippen molar-refractivity contribution in [1.29, 1.82) is 0 Å². The standard InChI is InChI=1S/C7H4F9NO6S2.C5F9NO/c8-2-25(21,22)23-24(19,20)1-3(18)17-6(13,14)4(9,10)5(11,12)7(17,15)16;6-1(16)15-4(11,12)2(7,8)3(9,10)5(15,13)14/h1-2H2;. The summed E-state index contributed by atoms with van der Waals surface area (Å²) in [5.41, 5.74) is 0. The van der Waals surface area contributed by atoms with Crippen LogP contribution in [-0.4, -0.2) is 98.3 Å². The predicted octanol–water partition coefficient (Wildman–Crippen LogP) is 3.74. The van der Waals surface area contributed by atoms with Crippen LogP contribution in [0.25, 0.3) is 0 Å². The maximum absolute atomic E-state index is 13.2. The second kappa shape index (κ2) is 9.53. The van der Waals surface area contributed by atoms with Crippen LogP contribution in [-0.2, 0) is 28.7 Å². The lowest BCUT2D eigenvalue weighted by molar-refractivity contribution is -0.303. The highest BCUT2D eigenvalue weighted by molar-refractivity contribution is 8.00. The number of likely N-dealkylation sites (tertiary alicyclic amines) is 2. The molecule has 2 heterocycles. The summed E-state index contributed by atoms with van der Waals surface area (Å²) >= 11 is 0. The molecule has 2 amide bonds. The van der Waals surface area contributed by atoms with Crippen molar-refractivity contribution in [3.63, 3.8) is 0 Å². The van der Waals surface area contributed by atoms with Gasteiger partial charge in [-0.1, -0.05) is 0 Å². The summed E-state index contributed by atoms with van der Waals surface area (Å²) in [6.07, 6.45) is -3.79. The molecule has 2 fully saturated rings. The van der Waals surface area contributed by atoms with Gasteiger partial charge in [-0.2, -0.15) is 92.0 Å². The molecule has 0 aliphatic carbocycles. The topological polar surface area (TPSA) is 118 Å². The van der Waals surface area contributed by atoms with Gasteiger partial charge in [0.05, 0.1) is 0 Å². The Hall–Kier alpha value is -2.46. The van der Waals surface area contributed by atoms with E-state index >= 15 is 0 Å². The summed E-state index contributed by atoms with van der Waals surface area (Å²) in [6.45, 7) is 0. The molecule has 29 heteroatoms. The molecule has 0 atom stereocenters. The van der Waals surface area contributed by atoms with Crippen LogP contribution in [0.3, 0.4) is 0 Å². The molecule has 2 aliphatic rings. The van der Waals surface area contributed by atoms with Crippen molar-refractivity contribution >= 4 is 32.3 Å². The number of halogens is 18. The number of amides is 2. The molecule has 0 aromatic heterocycles. The minimum Gasteiger partial charge on any atom is -0.273 e. The molecule has 242 valence electrons. The summed E-state index contributed by atoms with van der Waals surface area (Å²) in [7, 11) is -11.5. The van der Waals surface area contributed by atoms with Crippen LogP contribution in [0.1, 0.15) is 0 Å². The first-order chi connectivity index (χ1) is 17.6. The number of carbonyl (C=O) groups excluding carboxylic acids is 2. The Balaban J connectivity index is 0.000000452. The quantitative estimate of drug-likeness (QED) is 0.245. The highest BCUT2D eigenvalue weighted by atomic mass is 32.3. The summed E-state index contributed by atoms with van der Waals surface area (Å²) < 4.78 is 273. The Labute approximate surface area is 211 Å². The lowest BCUT2D eigenvalue weighted by Gasteiger charge is -2.27. The highest BCUT2D eigenvalue weighted by Crippen LogP contribution is 2.64. The number of rotatable bonds is 5. The monoisotopic (exact) mass is 694 g/mol. The normalized spacial score (nSPS) is 26.2. The molecular formula is C12H4F18N2O7S2. The first kappa shape index (κ1) is 36.6. The van der Waals surface area contributed by atoms with Gasteiger partial charge in [0.25, 0.3) is 10.1 Å². The zero-order valence-electron chi connectivity index (χ0n) is 17.8. The van der Waals surface area contributed by atoms with Gasteiger partial charge >= 0.3 is 64.2 Å². The van der Waals surface area contributed by atoms with Crippen molar-refractivity contribution in [3.8, 4) is 0 Å². The maximum atomic E-state index is 13.2. The van der Waals surface area contributed by atoms with Gasteiger partial charge in [-0.3, -0.25) is 4.79 Å². The Morgan fingerprint density at radius 1 is 0.537 bits per heavy atom. The van der Waals surface area contributed by atoms with Gasteiger partial charge in [-0.15, -0.1) is 8.02 Å². The fourth-order valence-electron chi connectivity index (χ4n) is 2.62. The number of carbonyl (C=O) groups is 2. The summed E-state index contributed by atoms with van der Waals surface area (Å²) in [4.78, 5) is 15.4. The van der Waals surface area contributed by atoms with Crippen molar-refractivity contribution in [1.82, 2.24) is 9.80 Å². The van der Waals surface area contributed by atoms with E-state index in [2.05, 4.69) is 3.63 Å². The van der Waals surface area contributed by atoms with E-state index in [0.29, 0.717) is 0 Å². The average Bonchev–Trinajstić information content (AvgIpc) is 2.82. The minimum atomic E-state index is -6.80. The second-order valence-corrected chi connectivity index (χ2v) is 10.5. The molecule has 0 unspecified atom stereocenters. The first-order valence-corrected chi connectivity index (χ1v) is 11.8. The molecule has 0 aromatic carbocycles. The zero-order valence-corrected chi connectivity index (χ0v) is 19.4. The van der Waals surface area contributed by atoms with Crippen LogP contribution in [0, 0.1) is 0 Å². The summed E-state index contributed by atoms with van der Waals surface area (Å²) in [5, 5.41) is 0. The maximum Gasteiger partial charge on any atom is 0.409 e. The third-order valence-corrected chi connectivity index (χ3v) is 7.02.